The summed E-state index contributed by atoms with van der Waals surface area (Å²) in [7, 11) is 0. The van der Waals surface area contributed by atoms with Crippen LogP contribution in [0.2, 0.25) is 0 Å². The summed E-state index contributed by atoms with van der Waals surface area (Å²) < 4.78 is 10.6. The van der Waals surface area contributed by atoms with E-state index in [2.05, 4.69) is 0 Å². The van der Waals surface area contributed by atoms with Crippen LogP contribution in [0, 0.1) is 0 Å². The summed E-state index contributed by atoms with van der Waals surface area (Å²) in [6.45, 7) is 0.285. The fourth-order valence-electron chi connectivity index (χ4n) is 1.86. The van der Waals surface area contributed by atoms with Gasteiger partial charge >= 0.3 is 5.97 Å². The smallest absolute Gasteiger partial charge is 0.338 e. The summed E-state index contributed by atoms with van der Waals surface area (Å²) in [6, 6.07) is 8.88. The van der Waals surface area contributed by atoms with E-state index in [0.29, 0.717) is 5.56 Å². The van der Waals surface area contributed by atoms with Crippen molar-refractivity contribution in [1.82, 2.24) is 0 Å². The van der Waals surface area contributed by atoms with Gasteiger partial charge < -0.3 is 14.6 Å². The zero-order valence-electron chi connectivity index (χ0n) is 9.54. The molecule has 0 spiro atoms. The molecule has 2 atom stereocenters. The second-order valence-electron chi connectivity index (χ2n) is 4.10. The van der Waals surface area contributed by atoms with Gasteiger partial charge in [0, 0.05) is 0 Å². The molecule has 1 fully saturated rings. The number of esters is 1. The Kier molecular flexibility index (Phi) is 4.12. The van der Waals surface area contributed by atoms with Crippen LogP contribution in [-0.4, -0.2) is 36.5 Å². The van der Waals surface area contributed by atoms with Crippen LogP contribution in [-0.2, 0) is 9.47 Å². The lowest BCUT2D eigenvalue weighted by Crippen LogP contribution is -2.21. The number of aliphatic hydroxyl groups excluding tert-OH is 1. The van der Waals surface area contributed by atoms with E-state index in [-0.39, 0.29) is 31.4 Å². The molecule has 2 rings (SSSR count). The van der Waals surface area contributed by atoms with Gasteiger partial charge in [0.2, 0.25) is 0 Å². The molecule has 17 heavy (non-hydrogen) atoms. The molecule has 1 aliphatic rings. The molecule has 0 aliphatic carbocycles. The van der Waals surface area contributed by atoms with Gasteiger partial charge in [0.1, 0.15) is 6.61 Å². The number of carbonyl (C=O) groups is 1. The van der Waals surface area contributed by atoms with Crippen LogP contribution >= 0.6 is 0 Å². The minimum Gasteiger partial charge on any atom is -0.459 e. The third-order valence-corrected chi connectivity index (χ3v) is 2.81. The maximum Gasteiger partial charge on any atom is 0.338 e. The van der Waals surface area contributed by atoms with Crippen LogP contribution in [0.25, 0.3) is 0 Å². The standard InChI is InChI=1S/C13H16O4/c14-8-11-6-7-12(17-11)9-16-13(15)10-4-2-1-3-5-10/h1-5,11-12,14H,6-9H2. The molecule has 2 unspecified atom stereocenters. The number of aliphatic hydroxyl groups is 1. The monoisotopic (exact) mass is 236 g/mol. The second-order valence-corrected chi connectivity index (χ2v) is 4.10. The molecule has 1 N–H and O–H groups in total. The van der Waals surface area contributed by atoms with Gasteiger partial charge in [0.15, 0.2) is 0 Å². The van der Waals surface area contributed by atoms with Crippen LogP contribution in [0.4, 0.5) is 0 Å². The fourth-order valence-corrected chi connectivity index (χ4v) is 1.86. The van der Waals surface area contributed by atoms with Crippen LogP contribution < -0.4 is 0 Å². The molecule has 92 valence electrons. The number of ether oxygens (including phenoxy) is 2. The van der Waals surface area contributed by atoms with E-state index in [4.69, 9.17) is 14.6 Å². The van der Waals surface area contributed by atoms with E-state index in [1.807, 2.05) is 6.07 Å². The molecule has 1 saturated heterocycles. The zero-order valence-corrected chi connectivity index (χ0v) is 9.54. The molecular weight excluding hydrogens is 220 g/mol. The van der Waals surface area contributed by atoms with Gasteiger partial charge in [-0.1, -0.05) is 18.2 Å². The van der Waals surface area contributed by atoms with Crippen molar-refractivity contribution in [2.24, 2.45) is 0 Å². The number of benzene rings is 1. The third kappa shape index (κ3) is 3.28. The lowest BCUT2D eigenvalue weighted by atomic mass is 10.2. The molecule has 1 aromatic carbocycles. The topological polar surface area (TPSA) is 55.8 Å². The van der Waals surface area contributed by atoms with Gasteiger partial charge in [-0.3, -0.25) is 0 Å². The average molecular weight is 236 g/mol. The van der Waals surface area contributed by atoms with Crippen LogP contribution in [0.3, 0.4) is 0 Å². The first-order valence-electron chi connectivity index (χ1n) is 5.78. The van der Waals surface area contributed by atoms with Crippen LogP contribution in [0.15, 0.2) is 30.3 Å². The van der Waals surface area contributed by atoms with Crippen molar-refractivity contribution in [2.75, 3.05) is 13.2 Å². The van der Waals surface area contributed by atoms with Crippen molar-refractivity contribution in [3.63, 3.8) is 0 Å². The lowest BCUT2D eigenvalue weighted by Gasteiger charge is -2.12. The van der Waals surface area contributed by atoms with Crippen molar-refractivity contribution < 1.29 is 19.4 Å². The molecule has 0 aromatic heterocycles. The predicted molar refractivity (Wildman–Crippen MR) is 61.7 cm³/mol. The highest BCUT2D eigenvalue weighted by atomic mass is 16.6. The van der Waals surface area contributed by atoms with Crippen molar-refractivity contribution in [2.45, 2.75) is 25.0 Å². The minimum absolute atomic E-state index is 0.0309. The largest absolute Gasteiger partial charge is 0.459 e. The predicted octanol–water partition coefficient (Wildman–Crippen LogP) is 1.38. The molecule has 4 heteroatoms. The summed E-state index contributed by atoms with van der Waals surface area (Å²) in [4.78, 5) is 11.6. The first kappa shape index (κ1) is 12.1. The summed E-state index contributed by atoms with van der Waals surface area (Å²) >= 11 is 0. The maximum absolute atomic E-state index is 11.6. The number of hydrogen-bond donors (Lipinski definition) is 1. The fraction of sp³-hybridized carbons (Fsp3) is 0.462. The quantitative estimate of drug-likeness (QED) is 0.802. The van der Waals surface area contributed by atoms with Crippen molar-refractivity contribution >= 4 is 5.97 Å². The normalized spacial score (nSPS) is 23.6. The van der Waals surface area contributed by atoms with Gasteiger partial charge in [-0.05, 0) is 25.0 Å². The Bertz CT molecular complexity index is 363. The summed E-state index contributed by atoms with van der Waals surface area (Å²) in [5, 5.41) is 8.91. The van der Waals surface area contributed by atoms with Gasteiger partial charge in [0.25, 0.3) is 0 Å². The molecule has 1 heterocycles. The Morgan fingerprint density at radius 1 is 1.29 bits per heavy atom. The highest BCUT2D eigenvalue weighted by Gasteiger charge is 2.25. The Morgan fingerprint density at radius 3 is 2.65 bits per heavy atom. The lowest BCUT2D eigenvalue weighted by molar-refractivity contribution is -0.0231. The Morgan fingerprint density at radius 2 is 2.00 bits per heavy atom. The summed E-state index contributed by atoms with van der Waals surface area (Å²) in [5.41, 5.74) is 0.546. The molecule has 0 saturated carbocycles. The summed E-state index contributed by atoms with van der Waals surface area (Å²) in [5.74, 6) is -0.332. The van der Waals surface area contributed by atoms with E-state index in [0.717, 1.165) is 12.8 Å². The molecule has 0 radical (unpaired) electrons. The Hall–Kier alpha value is -1.39. The van der Waals surface area contributed by atoms with Crippen molar-refractivity contribution in [1.29, 1.82) is 0 Å². The van der Waals surface area contributed by atoms with Crippen molar-refractivity contribution in [3.8, 4) is 0 Å². The van der Waals surface area contributed by atoms with E-state index >= 15 is 0 Å². The highest BCUT2D eigenvalue weighted by Crippen LogP contribution is 2.19. The van der Waals surface area contributed by atoms with E-state index < -0.39 is 0 Å². The SMILES string of the molecule is O=C(OCC1CCC(CO)O1)c1ccccc1. The summed E-state index contributed by atoms with van der Waals surface area (Å²) in [6.07, 6.45) is 1.47. The number of rotatable bonds is 4. The molecule has 4 nitrogen and oxygen atoms in total. The first-order valence-corrected chi connectivity index (χ1v) is 5.78. The maximum atomic E-state index is 11.6. The van der Waals surface area contributed by atoms with E-state index in [1.165, 1.54) is 0 Å². The van der Waals surface area contributed by atoms with Gasteiger partial charge in [0.05, 0.1) is 24.4 Å². The molecule has 1 aromatic rings. The third-order valence-electron chi connectivity index (χ3n) is 2.81. The van der Waals surface area contributed by atoms with Crippen molar-refractivity contribution in [3.05, 3.63) is 35.9 Å². The van der Waals surface area contributed by atoms with Gasteiger partial charge in [-0.15, -0.1) is 0 Å². The second kappa shape index (κ2) is 5.80. The number of hydrogen-bond acceptors (Lipinski definition) is 4. The highest BCUT2D eigenvalue weighted by molar-refractivity contribution is 5.89. The molecule has 0 bridgehead atoms. The average Bonchev–Trinajstić information content (AvgIpc) is 2.85. The molecule has 0 amide bonds. The van der Waals surface area contributed by atoms with Gasteiger partial charge in [-0.2, -0.15) is 0 Å². The Balaban J connectivity index is 1.78. The molecular formula is C13H16O4. The zero-order chi connectivity index (χ0) is 12.1. The van der Waals surface area contributed by atoms with Crippen LogP contribution in [0.1, 0.15) is 23.2 Å². The van der Waals surface area contributed by atoms with Crippen LogP contribution in [0.5, 0.6) is 0 Å². The molecule has 1 aliphatic heterocycles. The Labute approximate surface area is 100 Å². The minimum atomic E-state index is -0.332. The van der Waals surface area contributed by atoms with E-state index in [9.17, 15) is 4.79 Å². The number of carbonyl (C=O) groups excluding carboxylic acids is 1. The van der Waals surface area contributed by atoms with Gasteiger partial charge in [-0.25, -0.2) is 4.79 Å². The first-order chi connectivity index (χ1) is 8.29. The van der Waals surface area contributed by atoms with E-state index in [1.54, 1.807) is 24.3 Å².